The first-order valence-corrected chi connectivity index (χ1v) is 9.35. The predicted octanol–water partition coefficient (Wildman–Crippen LogP) is 4.30. The lowest BCUT2D eigenvalue weighted by molar-refractivity contribution is 0.139. The van der Waals surface area contributed by atoms with Gasteiger partial charge >= 0.3 is 0 Å². The second kappa shape index (κ2) is 7.46. The molecule has 0 bridgehead atoms. The minimum absolute atomic E-state index is 0.471. The monoisotopic (exact) mass is 294 g/mol. The maximum Gasteiger partial charge on any atom is 0.0156 e. The molecule has 2 fully saturated rings. The van der Waals surface area contributed by atoms with Crippen molar-refractivity contribution in [2.24, 2.45) is 17.3 Å². The summed E-state index contributed by atoms with van der Waals surface area (Å²) in [5.41, 5.74) is 0.471. The molecular formula is C19H38N2. The minimum atomic E-state index is 0.471. The van der Waals surface area contributed by atoms with E-state index < -0.39 is 0 Å². The minimum Gasteiger partial charge on any atom is -0.316 e. The summed E-state index contributed by atoms with van der Waals surface area (Å²) in [7, 11) is 2.17. The molecule has 0 aromatic carbocycles. The molecule has 0 aromatic heterocycles. The molecule has 2 aliphatic rings. The van der Waals surface area contributed by atoms with Crippen molar-refractivity contribution >= 4 is 0 Å². The van der Waals surface area contributed by atoms with Crippen molar-refractivity contribution in [2.45, 2.75) is 84.7 Å². The Morgan fingerprint density at radius 2 is 1.81 bits per heavy atom. The highest BCUT2D eigenvalue weighted by atomic mass is 15.2. The molecule has 2 rings (SSSR count). The lowest BCUT2D eigenvalue weighted by atomic mass is 9.84. The average molecular weight is 295 g/mol. The molecule has 0 heterocycles. The fraction of sp³-hybridized carbons (Fsp3) is 1.00. The zero-order valence-corrected chi connectivity index (χ0v) is 15.1. The lowest BCUT2D eigenvalue weighted by Gasteiger charge is -2.36. The van der Waals surface area contributed by atoms with Gasteiger partial charge in [0.2, 0.25) is 0 Å². The Morgan fingerprint density at radius 3 is 2.38 bits per heavy atom. The van der Waals surface area contributed by atoms with Gasteiger partial charge in [-0.1, -0.05) is 40.5 Å². The van der Waals surface area contributed by atoms with E-state index in [1.165, 1.54) is 58.0 Å². The summed E-state index contributed by atoms with van der Waals surface area (Å²) in [6, 6.07) is 1.57. The SMILES string of the molecule is CNC1C(CN(CCC(C)C)C2CCCC2)CCC1(C)C. The summed E-state index contributed by atoms with van der Waals surface area (Å²) < 4.78 is 0. The first-order valence-electron chi connectivity index (χ1n) is 9.35. The second-order valence-corrected chi connectivity index (χ2v) is 8.67. The molecule has 2 aliphatic carbocycles. The summed E-state index contributed by atoms with van der Waals surface area (Å²) in [5, 5.41) is 3.64. The van der Waals surface area contributed by atoms with E-state index in [0.29, 0.717) is 11.5 Å². The summed E-state index contributed by atoms with van der Waals surface area (Å²) in [6.45, 7) is 12.3. The first kappa shape index (κ1) is 17.3. The fourth-order valence-electron chi connectivity index (χ4n) is 4.76. The quantitative estimate of drug-likeness (QED) is 0.753. The largest absolute Gasteiger partial charge is 0.316 e. The zero-order valence-electron chi connectivity index (χ0n) is 15.1. The van der Waals surface area contributed by atoms with Gasteiger partial charge in [-0.15, -0.1) is 0 Å². The number of hydrogen-bond donors (Lipinski definition) is 1. The molecule has 0 saturated heterocycles. The molecule has 0 spiro atoms. The highest BCUT2D eigenvalue weighted by molar-refractivity contribution is 4.97. The van der Waals surface area contributed by atoms with E-state index in [0.717, 1.165) is 17.9 Å². The van der Waals surface area contributed by atoms with Crippen molar-refractivity contribution in [2.75, 3.05) is 20.1 Å². The Balaban J connectivity index is 1.97. The molecule has 2 nitrogen and oxygen atoms in total. The van der Waals surface area contributed by atoms with Crippen LogP contribution < -0.4 is 5.32 Å². The van der Waals surface area contributed by atoms with Crippen LogP contribution in [0.5, 0.6) is 0 Å². The highest BCUT2D eigenvalue weighted by Gasteiger charge is 2.42. The van der Waals surface area contributed by atoms with Crippen LogP contribution in [0.25, 0.3) is 0 Å². The first-order chi connectivity index (χ1) is 9.94. The van der Waals surface area contributed by atoms with Gasteiger partial charge in [-0.2, -0.15) is 0 Å². The number of hydrogen-bond acceptors (Lipinski definition) is 2. The molecule has 0 aromatic rings. The molecule has 2 atom stereocenters. The van der Waals surface area contributed by atoms with Crippen molar-refractivity contribution < 1.29 is 0 Å². The Bertz CT molecular complexity index is 305. The summed E-state index contributed by atoms with van der Waals surface area (Å²) in [6.07, 6.45) is 9.94. The van der Waals surface area contributed by atoms with Gasteiger partial charge in [0, 0.05) is 18.6 Å². The Kier molecular flexibility index (Phi) is 6.14. The molecule has 0 aliphatic heterocycles. The van der Waals surface area contributed by atoms with E-state index in [2.05, 4.69) is 45.0 Å². The maximum absolute atomic E-state index is 3.64. The van der Waals surface area contributed by atoms with Crippen LogP contribution in [0.2, 0.25) is 0 Å². The van der Waals surface area contributed by atoms with Crippen LogP contribution in [0.3, 0.4) is 0 Å². The van der Waals surface area contributed by atoms with Crippen molar-refractivity contribution in [3.05, 3.63) is 0 Å². The fourth-order valence-corrected chi connectivity index (χ4v) is 4.76. The van der Waals surface area contributed by atoms with E-state index in [1.54, 1.807) is 0 Å². The Morgan fingerprint density at radius 1 is 1.14 bits per heavy atom. The van der Waals surface area contributed by atoms with Crippen molar-refractivity contribution in [3.63, 3.8) is 0 Å². The normalized spacial score (nSPS) is 29.9. The topological polar surface area (TPSA) is 15.3 Å². The van der Waals surface area contributed by atoms with Crippen LogP contribution in [-0.2, 0) is 0 Å². The van der Waals surface area contributed by atoms with E-state index in [-0.39, 0.29) is 0 Å². The van der Waals surface area contributed by atoms with Gasteiger partial charge in [-0.05, 0) is 62.9 Å². The molecule has 0 amide bonds. The standard InChI is InChI=1S/C19H38N2/c1-15(2)11-13-21(17-8-6-7-9-17)14-16-10-12-19(3,4)18(16)20-5/h15-18,20H,6-14H2,1-5H3. The van der Waals surface area contributed by atoms with Crippen molar-refractivity contribution in [1.82, 2.24) is 10.2 Å². The second-order valence-electron chi connectivity index (χ2n) is 8.67. The van der Waals surface area contributed by atoms with E-state index >= 15 is 0 Å². The van der Waals surface area contributed by atoms with E-state index in [4.69, 9.17) is 0 Å². The van der Waals surface area contributed by atoms with Crippen LogP contribution in [0.15, 0.2) is 0 Å². The van der Waals surface area contributed by atoms with Crippen LogP contribution in [-0.4, -0.2) is 37.1 Å². The smallest absolute Gasteiger partial charge is 0.0156 e. The van der Waals surface area contributed by atoms with Gasteiger partial charge in [-0.3, -0.25) is 0 Å². The zero-order chi connectivity index (χ0) is 15.5. The van der Waals surface area contributed by atoms with Gasteiger partial charge in [0.1, 0.15) is 0 Å². The molecule has 0 radical (unpaired) electrons. The van der Waals surface area contributed by atoms with E-state index in [9.17, 15) is 0 Å². The van der Waals surface area contributed by atoms with Crippen LogP contribution in [0.4, 0.5) is 0 Å². The summed E-state index contributed by atoms with van der Waals surface area (Å²) in [4.78, 5) is 2.86. The maximum atomic E-state index is 3.64. The third kappa shape index (κ3) is 4.45. The van der Waals surface area contributed by atoms with Gasteiger partial charge in [0.15, 0.2) is 0 Å². The van der Waals surface area contributed by atoms with Gasteiger partial charge < -0.3 is 10.2 Å². The van der Waals surface area contributed by atoms with Crippen molar-refractivity contribution in [1.29, 1.82) is 0 Å². The van der Waals surface area contributed by atoms with Crippen LogP contribution in [0, 0.1) is 17.3 Å². The van der Waals surface area contributed by atoms with Crippen LogP contribution in [0.1, 0.15) is 72.6 Å². The van der Waals surface area contributed by atoms with Gasteiger partial charge in [0.05, 0.1) is 0 Å². The molecule has 21 heavy (non-hydrogen) atoms. The third-order valence-corrected chi connectivity index (χ3v) is 6.09. The lowest BCUT2D eigenvalue weighted by Crippen LogP contribution is -2.46. The van der Waals surface area contributed by atoms with Gasteiger partial charge in [-0.25, -0.2) is 0 Å². The van der Waals surface area contributed by atoms with Gasteiger partial charge in [0.25, 0.3) is 0 Å². The highest BCUT2D eigenvalue weighted by Crippen LogP contribution is 2.42. The summed E-state index contributed by atoms with van der Waals surface area (Å²) in [5.74, 6) is 1.67. The molecular weight excluding hydrogens is 256 g/mol. The van der Waals surface area contributed by atoms with Crippen molar-refractivity contribution in [3.8, 4) is 0 Å². The molecule has 124 valence electrons. The molecule has 1 N–H and O–H groups in total. The molecule has 2 heteroatoms. The Labute approximate surface area is 133 Å². The molecule has 2 saturated carbocycles. The predicted molar refractivity (Wildman–Crippen MR) is 92.6 cm³/mol. The average Bonchev–Trinajstić information content (AvgIpc) is 3.02. The summed E-state index contributed by atoms with van der Waals surface area (Å²) >= 11 is 0. The number of nitrogens with zero attached hydrogens (tertiary/aromatic N) is 1. The van der Waals surface area contributed by atoms with Crippen LogP contribution >= 0.6 is 0 Å². The number of rotatable bonds is 7. The number of nitrogens with one attached hydrogen (secondary N) is 1. The van der Waals surface area contributed by atoms with E-state index in [1.807, 2.05) is 0 Å². The Hall–Kier alpha value is -0.0800. The third-order valence-electron chi connectivity index (χ3n) is 6.09. The molecule has 2 unspecified atom stereocenters.